The van der Waals surface area contributed by atoms with Crippen LogP contribution in [0.15, 0.2) is 4.99 Å². The fraction of sp³-hybridized carbons (Fsp3) is 0.947. The second kappa shape index (κ2) is 7.61. The van der Waals surface area contributed by atoms with Crippen LogP contribution in [0.5, 0.6) is 0 Å². The van der Waals surface area contributed by atoms with Gasteiger partial charge in [-0.25, -0.2) is 0 Å². The van der Waals surface area contributed by atoms with Crippen LogP contribution >= 0.6 is 0 Å². The lowest BCUT2D eigenvalue weighted by atomic mass is 9.75. The highest BCUT2D eigenvalue weighted by molar-refractivity contribution is 5.80. The van der Waals surface area contributed by atoms with Gasteiger partial charge in [-0.3, -0.25) is 9.89 Å². The molecule has 5 heteroatoms. The molecule has 0 amide bonds. The van der Waals surface area contributed by atoms with Gasteiger partial charge in [-0.15, -0.1) is 0 Å². The average molecular weight is 336 g/mol. The van der Waals surface area contributed by atoms with Crippen molar-refractivity contribution in [3.63, 3.8) is 0 Å². The molecule has 0 radical (unpaired) electrons. The van der Waals surface area contributed by atoms with Crippen molar-refractivity contribution in [2.75, 3.05) is 40.8 Å². The summed E-state index contributed by atoms with van der Waals surface area (Å²) >= 11 is 0. The van der Waals surface area contributed by atoms with E-state index in [9.17, 15) is 0 Å². The van der Waals surface area contributed by atoms with E-state index in [0.717, 1.165) is 24.5 Å². The Labute approximate surface area is 148 Å². The number of hydrogen-bond donors (Lipinski definition) is 2. The average Bonchev–Trinajstić information content (AvgIpc) is 3.31. The number of nitrogens with zero attached hydrogens (tertiary/aromatic N) is 3. The summed E-state index contributed by atoms with van der Waals surface area (Å²) in [5.41, 5.74) is 0.269. The Hall–Kier alpha value is -0.810. The summed E-state index contributed by atoms with van der Waals surface area (Å²) in [5.74, 6) is 1.80. The van der Waals surface area contributed by atoms with E-state index in [0.29, 0.717) is 6.04 Å². The summed E-state index contributed by atoms with van der Waals surface area (Å²) < 4.78 is 0. The van der Waals surface area contributed by atoms with Gasteiger partial charge in [0.2, 0.25) is 0 Å². The number of likely N-dealkylation sites (tertiary alicyclic amines) is 1. The van der Waals surface area contributed by atoms with Crippen LogP contribution in [-0.2, 0) is 0 Å². The highest BCUT2D eigenvalue weighted by Gasteiger charge is 2.37. The number of hydrogen-bond acceptors (Lipinski definition) is 3. The molecule has 2 aliphatic carbocycles. The third kappa shape index (κ3) is 4.23. The van der Waals surface area contributed by atoms with Gasteiger partial charge in [0, 0.05) is 44.3 Å². The lowest BCUT2D eigenvalue weighted by Crippen LogP contribution is -2.57. The molecule has 138 valence electrons. The molecule has 24 heavy (non-hydrogen) atoms. The van der Waals surface area contributed by atoms with Crippen LogP contribution < -0.4 is 10.6 Å². The van der Waals surface area contributed by atoms with Crippen molar-refractivity contribution in [3.8, 4) is 0 Å². The molecule has 1 aliphatic heterocycles. The van der Waals surface area contributed by atoms with Crippen molar-refractivity contribution in [2.45, 2.75) is 69.5 Å². The van der Waals surface area contributed by atoms with Crippen LogP contribution in [0.1, 0.15) is 51.9 Å². The third-order valence-corrected chi connectivity index (χ3v) is 6.45. The first-order chi connectivity index (χ1) is 11.5. The van der Waals surface area contributed by atoms with Crippen molar-refractivity contribution in [2.24, 2.45) is 10.9 Å². The normalized spacial score (nSPS) is 35.5. The molecule has 0 bridgehead atoms. The van der Waals surface area contributed by atoms with E-state index in [1.807, 2.05) is 7.05 Å². The van der Waals surface area contributed by atoms with E-state index in [-0.39, 0.29) is 5.54 Å². The van der Waals surface area contributed by atoms with Gasteiger partial charge < -0.3 is 15.5 Å². The van der Waals surface area contributed by atoms with Gasteiger partial charge in [0.25, 0.3) is 0 Å². The number of guanidine groups is 1. The minimum absolute atomic E-state index is 0.269. The molecule has 3 unspecified atom stereocenters. The summed E-state index contributed by atoms with van der Waals surface area (Å²) in [6.07, 6.45) is 9.34. The van der Waals surface area contributed by atoms with Crippen molar-refractivity contribution >= 4 is 5.96 Å². The number of likely N-dealkylation sites (N-methyl/N-ethyl adjacent to an activating group) is 1. The topological polar surface area (TPSA) is 42.9 Å². The number of rotatable bonds is 5. The standard InChI is InChI=1S/C19H37N5/c1-15-6-5-10-19(12-15,23(3)4)14-21-18(20-2)22-16-9-11-24(13-16)17-7-8-17/h15-17H,5-14H2,1-4H3,(H2,20,21,22). The fourth-order valence-electron chi connectivity index (χ4n) is 4.67. The zero-order valence-corrected chi connectivity index (χ0v) is 16.1. The second-order valence-electron chi connectivity index (χ2n) is 8.60. The van der Waals surface area contributed by atoms with E-state index in [2.05, 4.69) is 46.4 Å². The van der Waals surface area contributed by atoms with Gasteiger partial charge in [-0.05, 0) is 52.1 Å². The molecule has 2 N–H and O–H groups in total. The first-order valence-corrected chi connectivity index (χ1v) is 9.91. The highest BCUT2D eigenvalue weighted by atomic mass is 15.3. The van der Waals surface area contributed by atoms with Crippen LogP contribution in [0.2, 0.25) is 0 Å². The molecule has 1 saturated heterocycles. The maximum Gasteiger partial charge on any atom is 0.191 e. The minimum Gasteiger partial charge on any atom is -0.355 e. The Morgan fingerprint density at radius 1 is 1.25 bits per heavy atom. The molecule has 3 rings (SSSR count). The van der Waals surface area contributed by atoms with Crippen LogP contribution in [0, 0.1) is 5.92 Å². The SMILES string of the molecule is CN=C(NCC1(N(C)C)CCCC(C)C1)NC1CCN(C2CC2)C1. The Morgan fingerprint density at radius 3 is 2.67 bits per heavy atom. The summed E-state index contributed by atoms with van der Waals surface area (Å²) in [7, 11) is 6.37. The summed E-state index contributed by atoms with van der Waals surface area (Å²) in [6, 6.07) is 1.44. The fourth-order valence-corrected chi connectivity index (χ4v) is 4.67. The van der Waals surface area contributed by atoms with Crippen molar-refractivity contribution in [3.05, 3.63) is 0 Å². The molecule has 0 aromatic heterocycles. The zero-order valence-electron chi connectivity index (χ0n) is 16.1. The molecular weight excluding hydrogens is 298 g/mol. The Morgan fingerprint density at radius 2 is 2.04 bits per heavy atom. The molecule has 1 heterocycles. The van der Waals surface area contributed by atoms with Gasteiger partial charge >= 0.3 is 0 Å². The maximum atomic E-state index is 4.49. The summed E-state index contributed by atoms with van der Waals surface area (Å²) in [6.45, 7) is 5.82. The molecule has 0 aromatic rings. The molecule has 3 fully saturated rings. The van der Waals surface area contributed by atoms with E-state index in [1.54, 1.807) is 0 Å². The third-order valence-electron chi connectivity index (χ3n) is 6.45. The predicted molar refractivity (Wildman–Crippen MR) is 102 cm³/mol. The van der Waals surface area contributed by atoms with Crippen LogP contribution in [0.25, 0.3) is 0 Å². The summed E-state index contributed by atoms with van der Waals surface area (Å²) in [5, 5.41) is 7.31. The second-order valence-corrected chi connectivity index (χ2v) is 8.60. The van der Waals surface area contributed by atoms with E-state index >= 15 is 0 Å². The smallest absolute Gasteiger partial charge is 0.191 e. The van der Waals surface area contributed by atoms with Crippen LogP contribution in [0.4, 0.5) is 0 Å². The Kier molecular flexibility index (Phi) is 5.70. The first-order valence-electron chi connectivity index (χ1n) is 9.91. The van der Waals surface area contributed by atoms with E-state index in [1.165, 1.54) is 58.0 Å². The number of aliphatic imine (C=N–C) groups is 1. The van der Waals surface area contributed by atoms with Crippen LogP contribution in [-0.4, -0.2) is 74.2 Å². The Balaban J connectivity index is 1.51. The number of nitrogens with one attached hydrogen (secondary N) is 2. The lowest BCUT2D eigenvalue weighted by molar-refractivity contribution is 0.0795. The van der Waals surface area contributed by atoms with Gasteiger partial charge in [0.15, 0.2) is 5.96 Å². The predicted octanol–water partition coefficient (Wildman–Crippen LogP) is 1.90. The molecule has 2 saturated carbocycles. The van der Waals surface area contributed by atoms with E-state index < -0.39 is 0 Å². The zero-order chi connectivity index (χ0) is 17.2. The Bertz CT molecular complexity index is 445. The molecule has 5 nitrogen and oxygen atoms in total. The molecule has 3 atom stereocenters. The summed E-state index contributed by atoms with van der Waals surface area (Å²) in [4.78, 5) is 9.57. The van der Waals surface area contributed by atoms with Crippen molar-refractivity contribution < 1.29 is 0 Å². The van der Waals surface area contributed by atoms with Crippen molar-refractivity contribution in [1.29, 1.82) is 0 Å². The van der Waals surface area contributed by atoms with Gasteiger partial charge in [0.05, 0.1) is 0 Å². The monoisotopic (exact) mass is 335 g/mol. The largest absolute Gasteiger partial charge is 0.355 e. The lowest BCUT2D eigenvalue weighted by Gasteiger charge is -2.45. The van der Waals surface area contributed by atoms with Crippen molar-refractivity contribution in [1.82, 2.24) is 20.4 Å². The maximum absolute atomic E-state index is 4.49. The van der Waals surface area contributed by atoms with Gasteiger partial charge in [-0.2, -0.15) is 0 Å². The molecule has 0 spiro atoms. The minimum atomic E-state index is 0.269. The quantitative estimate of drug-likeness (QED) is 0.595. The van der Waals surface area contributed by atoms with Gasteiger partial charge in [-0.1, -0.05) is 19.8 Å². The molecular formula is C19H37N5. The van der Waals surface area contributed by atoms with E-state index in [4.69, 9.17) is 0 Å². The molecule has 0 aromatic carbocycles. The first kappa shape index (κ1) is 18.0. The van der Waals surface area contributed by atoms with Crippen LogP contribution in [0.3, 0.4) is 0 Å². The molecule has 3 aliphatic rings. The highest BCUT2D eigenvalue weighted by Crippen LogP contribution is 2.35. The van der Waals surface area contributed by atoms with Gasteiger partial charge in [0.1, 0.15) is 0 Å².